The Labute approximate surface area is 444 Å². The molecule has 0 unspecified atom stereocenters. The first-order chi connectivity index (χ1) is 34.7. The van der Waals surface area contributed by atoms with Crippen molar-refractivity contribution in [2.45, 2.75) is 375 Å². The molecule has 0 aliphatic heterocycles. The first-order valence-corrected chi connectivity index (χ1v) is 32.2. The molecule has 0 bridgehead atoms. The fraction of sp³-hybridized carbons (Fsp3) is 0.954. The molecule has 6 heteroatoms. The van der Waals surface area contributed by atoms with Crippen molar-refractivity contribution in [1.29, 1.82) is 0 Å². The second-order valence-electron chi connectivity index (χ2n) is 23.4. The second kappa shape index (κ2) is 57.7. The Kier molecular flexibility index (Phi) is 56.4. The maximum absolute atomic E-state index is 12.9. The van der Waals surface area contributed by atoms with Gasteiger partial charge in [0.2, 0.25) is 0 Å². The molecule has 0 amide bonds. The molecule has 0 heterocycles. The monoisotopic (exact) mass is 1000 g/mol. The van der Waals surface area contributed by atoms with Crippen molar-refractivity contribution in [2.24, 2.45) is 11.8 Å². The van der Waals surface area contributed by atoms with E-state index in [1.165, 1.54) is 257 Å². The normalized spacial score (nSPS) is 12.0. The maximum atomic E-state index is 12.9. The standard InChI is InChI=1S/C65H126O6/c1-6-7-8-9-10-11-12-13-14-15-16-17-21-24-30-35-40-45-50-55-63(66)69-58-62(71-65(68)57-52-47-42-37-32-27-26-29-34-39-44-49-54-61(4)5)59-70-64(67)56-51-46-41-36-31-25-22-19-18-20-23-28-33-38-43-48-53-60(2)3/h60-62H,6-59H2,1-5H3/t62-/m0/s1. The fourth-order valence-electron chi connectivity index (χ4n) is 10.1. The number of carbonyl (C=O) groups is 3. The van der Waals surface area contributed by atoms with Gasteiger partial charge >= 0.3 is 17.9 Å². The summed E-state index contributed by atoms with van der Waals surface area (Å²) < 4.78 is 17.0. The summed E-state index contributed by atoms with van der Waals surface area (Å²) in [6.45, 7) is 11.5. The molecule has 0 N–H and O–H groups in total. The first-order valence-electron chi connectivity index (χ1n) is 32.2. The van der Waals surface area contributed by atoms with Crippen LogP contribution in [0.1, 0.15) is 369 Å². The van der Waals surface area contributed by atoms with Gasteiger partial charge in [-0.2, -0.15) is 0 Å². The highest BCUT2D eigenvalue weighted by molar-refractivity contribution is 5.71. The van der Waals surface area contributed by atoms with E-state index in [1.54, 1.807) is 0 Å². The van der Waals surface area contributed by atoms with E-state index in [-0.39, 0.29) is 31.1 Å². The zero-order chi connectivity index (χ0) is 51.8. The van der Waals surface area contributed by atoms with Crippen LogP contribution in [0.5, 0.6) is 0 Å². The van der Waals surface area contributed by atoms with Gasteiger partial charge in [-0.25, -0.2) is 0 Å². The van der Waals surface area contributed by atoms with Crippen LogP contribution in [0.15, 0.2) is 0 Å². The van der Waals surface area contributed by atoms with Crippen molar-refractivity contribution in [3.05, 3.63) is 0 Å². The van der Waals surface area contributed by atoms with Crippen LogP contribution < -0.4 is 0 Å². The highest BCUT2D eigenvalue weighted by Crippen LogP contribution is 2.19. The van der Waals surface area contributed by atoms with Crippen molar-refractivity contribution in [3.63, 3.8) is 0 Å². The zero-order valence-corrected chi connectivity index (χ0v) is 48.9. The summed E-state index contributed by atoms with van der Waals surface area (Å²) in [4.78, 5) is 38.3. The molecule has 422 valence electrons. The number of carbonyl (C=O) groups excluding carboxylic acids is 3. The molecule has 0 aromatic carbocycles. The van der Waals surface area contributed by atoms with Crippen molar-refractivity contribution < 1.29 is 28.6 Å². The summed E-state index contributed by atoms with van der Waals surface area (Å²) in [5.74, 6) is 0.854. The van der Waals surface area contributed by atoms with Crippen molar-refractivity contribution in [2.75, 3.05) is 13.2 Å². The van der Waals surface area contributed by atoms with Crippen molar-refractivity contribution >= 4 is 17.9 Å². The van der Waals surface area contributed by atoms with Crippen molar-refractivity contribution in [1.82, 2.24) is 0 Å². The summed E-state index contributed by atoms with van der Waals surface area (Å²) in [7, 11) is 0. The summed E-state index contributed by atoms with van der Waals surface area (Å²) in [5.41, 5.74) is 0. The topological polar surface area (TPSA) is 78.9 Å². The van der Waals surface area contributed by atoms with Gasteiger partial charge in [-0.05, 0) is 31.1 Å². The molecule has 0 saturated carbocycles. The van der Waals surface area contributed by atoms with Gasteiger partial charge in [-0.1, -0.05) is 330 Å². The fourth-order valence-corrected chi connectivity index (χ4v) is 10.1. The Morgan fingerprint density at radius 2 is 0.465 bits per heavy atom. The van der Waals surface area contributed by atoms with E-state index in [2.05, 4.69) is 34.6 Å². The Hall–Kier alpha value is -1.59. The highest BCUT2D eigenvalue weighted by Gasteiger charge is 2.19. The lowest BCUT2D eigenvalue weighted by molar-refractivity contribution is -0.167. The van der Waals surface area contributed by atoms with Gasteiger partial charge in [0, 0.05) is 19.3 Å². The number of esters is 3. The van der Waals surface area contributed by atoms with E-state index in [9.17, 15) is 14.4 Å². The van der Waals surface area contributed by atoms with Gasteiger partial charge in [0.25, 0.3) is 0 Å². The maximum Gasteiger partial charge on any atom is 0.306 e. The Balaban J connectivity index is 4.27. The Morgan fingerprint density at radius 1 is 0.268 bits per heavy atom. The number of hydrogen-bond acceptors (Lipinski definition) is 6. The molecule has 0 aliphatic carbocycles. The number of unbranched alkanes of at least 4 members (excludes halogenated alkanes) is 44. The van der Waals surface area contributed by atoms with E-state index in [1.807, 2.05) is 0 Å². The van der Waals surface area contributed by atoms with Crippen LogP contribution in [0, 0.1) is 11.8 Å². The largest absolute Gasteiger partial charge is 0.462 e. The summed E-state index contributed by atoms with van der Waals surface area (Å²) in [6, 6.07) is 0. The van der Waals surface area contributed by atoms with E-state index in [4.69, 9.17) is 14.2 Å². The third kappa shape index (κ3) is 59.2. The third-order valence-electron chi connectivity index (χ3n) is 15.0. The van der Waals surface area contributed by atoms with Crippen LogP contribution in [0.2, 0.25) is 0 Å². The molecule has 6 nitrogen and oxygen atoms in total. The molecular formula is C65H126O6. The van der Waals surface area contributed by atoms with Gasteiger partial charge in [-0.3, -0.25) is 14.4 Å². The number of ether oxygens (including phenoxy) is 3. The molecule has 0 spiro atoms. The molecule has 0 aromatic rings. The molecule has 0 rings (SSSR count). The second-order valence-corrected chi connectivity index (χ2v) is 23.4. The van der Waals surface area contributed by atoms with Crippen LogP contribution in [0.25, 0.3) is 0 Å². The molecule has 1 atom stereocenters. The average molecular weight is 1000 g/mol. The third-order valence-corrected chi connectivity index (χ3v) is 15.0. The molecule has 0 radical (unpaired) electrons. The van der Waals surface area contributed by atoms with E-state index in [0.29, 0.717) is 19.3 Å². The van der Waals surface area contributed by atoms with Gasteiger partial charge in [0.15, 0.2) is 6.10 Å². The predicted molar refractivity (Wildman–Crippen MR) is 307 cm³/mol. The lowest BCUT2D eigenvalue weighted by Crippen LogP contribution is -2.30. The van der Waals surface area contributed by atoms with Gasteiger partial charge in [0.1, 0.15) is 13.2 Å². The molecule has 0 aromatic heterocycles. The summed E-state index contributed by atoms with van der Waals surface area (Å²) in [6.07, 6.45) is 63.9. The van der Waals surface area contributed by atoms with Crippen LogP contribution in [0.4, 0.5) is 0 Å². The van der Waals surface area contributed by atoms with Gasteiger partial charge in [0.05, 0.1) is 0 Å². The quantitative estimate of drug-likeness (QED) is 0.0343. The van der Waals surface area contributed by atoms with E-state index >= 15 is 0 Å². The lowest BCUT2D eigenvalue weighted by atomic mass is 10.0. The smallest absolute Gasteiger partial charge is 0.306 e. The SMILES string of the molecule is CCCCCCCCCCCCCCCCCCCCCC(=O)OC[C@@H](COC(=O)CCCCCCCCCCCCCCCCCCC(C)C)OC(=O)CCCCCCCCCCCCCCC(C)C. The van der Waals surface area contributed by atoms with Gasteiger partial charge in [-0.15, -0.1) is 0 Å². The van der Waals surface area contributed by atoms with E-state index in [0.717, 1.165) is 69.6 Å². The van der Waals surface area contributed by atoms with E-state index < -0.39 is 6.10 Å². The molecule has 0 saturated heterocycles. The van der Waals surface area contributed by atoms with Crippen LogP contribution in [-0.4, -0.2) is 37.2 Å². The van der Waals surface area contributed by atoms with Crippen LogP contribution in [0.3, 0.4) is 0 Å². The average Bonchev–Trinajstić information content (AvgIpc) is 3.35. The Morgan fingerprint density at radius 3 is 0.690 bits per heavy atom. The number of hydrogen-bond donors (Lipinski definition) is 0. The first kappa shape index (κ1) is 69.4. The lowest BCUT2D eigenvalue weighted by Gasteiger charge is -2.18. The molecule has 0 aliphatic rings. The minimum Gasteiger partial charge on any atom is -0.462 e. The summed E-state index contributed by atoms with van der Waals surface area (Å²) >= 11 is 0. The zero-order valence-electron chi connectivity index (χ0n) is 48.9. The summed E-state index contributed by atoms with van der Waals surface area (Å²) in [5, 5.41) is 0. The van der Waals surface area contributed by atoms with Crippen LogP contribution in [-0.2, 0) is 28.6 Å². The molecule has 0 fully saturated rings. The van der Waals surface area contributed by atoms with Crippen LogP contribution >= 0.6 is 0 Å². The minimum atomic E-state index is -0.764. The molecular weight excluding hydrogens is 877 g/mol. The highest BCUT2D eigenvalue weighted by atomic mass is 16.6. The minimum absolute atomic E-state index is 0.0619. The Bertz CT molecular complexity index is 1090. The number of rotatable bonds is 59. The molecule has 71 heavy (non-hydrogen) atoms. The van der Waals surface area contributed by atoms with Gasteiger partial charge < -0.3 is 14.2 Å². The predicted octanol–water partition coefficient (Wildman–Crippen LogP) is 21.6. The van der Waals surface area contributed by atoms with Crippen molar-refractivity contribution in [3.8, 4) is 0 Å².